The van der Waals surface area contributed by atoms with Crippen molar-refractivity contribution in [1.82, 2.24) is 4.72 Å². The molecule has 0 spiro atoms. The molecule has 1 rings (SSSR count). The zero-order valence-electron chi connectivity index (χ0n) is 7.21. The van der Waals surface area contributed by atoms with Crippen molar-refractivity contribution in [3.63, 3.8) is 0 Å². The maximum atomic E-state index is 11.1. The van der Waals surface area contributed by atoms with Crippen molar-refractivity contribution in [3.05, 3.63) is 26.2 Å². The van der Waals surface area contributed by atoms with E-state index in [9.17, 15) is 8.42 Å². The van der Waals surface area contributed by atoms with Gasteiger partial charge in [0.05, 0.1) is 5.69 Å². The molecular formula is C7H8BrIN2O2S. The van der Waals surface area contributed by atoms with Crippen molar-refractivity contribution >= 4 is 54.4 Å². The topological polar surface area (TPSA) is 58.2 Å². The molecule has 1 aromatic rings. The van der Waals surface area contributed by atoms with Crippen LogP contribution in [0.25, 0.3) is 0 Å². The molecule has 7 heteroatoms. The number of hydrogen-bond donors (Lipinski definition) is 2. The fraction of sp³-hybridized carbons (Fsp3) is 0.143. The van der Waals surface area contributed by atoms with Gasteiger partial charge in [0.25, 0.3) is 10.2 Å². The third kappa shape index (κ3) is 3.37. The molecule has 0 heterocycles. The molecule has 14 heavy (non-hydrogen) atoms. The minimum atomic E-state index is -3.43. The van der Waals surface area contributed by atoms with Crippen LogP contribution in [0.2, 0.25) is 0 Å². The summed E-state index contributed by atoms with van der Waals surface area (Å²) in [6.07, 6.45) is 0. The second kappa shape index (κ2) is 4.77. The summed E-state index contributed by atoms with van der Waals surface area (Å²) in [5, 5.41) is 0. The second-order valence-corrected chi connectivity index (χ2v) is 6.07. The summed E-state index contributed by atoms with van der Waals surface area (Å²) in [5.41, 5.74) is 0.520. The molecular weight excluding hydrogens is 383 g/mol. The maximum Gasteiger partial charge on any atom is 0.298 e. The van der Waals surface area contributed by atoms with Gasteiger partial charge in [-0.1, -0.05) is 0 Å². The molecule has 0 aliphatic rings. The Morgan fingerprint density at radius 3 is 2.57 bits per heavy atom. The molecule has 0 saturated heterocycles. The highest BCUT2D eigenvalue weighted by Crippen LogP contribution is 2.23. The number of anilines is 1. The van der Waals surface area contributed by atoms with Gasteiger partial charge in [0.2, 0.25) is 0 Å². The van der Waals surface area contributed by atoms with E-state index < -0.39 is 10.2 Å². The highest BCUT2D eigenvalue weighted by Gasteiger charge is 2.06. The molecule has 1 aromatic carbocycles. The van der Waals surface area contributed by atoms with Gasteiger partial charge in [-0.15, -0.1) is 0 Å². The van der Waals surface area contributed by atoms with E-state index in [4.69, 9.17) is 0 Å². The smallest absolute Gasteiger partial charge is 0.271 e. The third-order valence-electron chi connectivity index (χ3n) is 1.44. The van der Waals surface area contributed by atoms with E-state index in [-0.39, 0.29) is 0 Å². The molecule has 2 N–H and O–H groups in total. The summed E-state index contributed by atoms with van der Waals surface area (Å²) in [4.78, 5) is 0. The average Bonchev–Trinajstić information content (AvgIpc) is 2.11. The van der Waals surface area contributed by atoms with Crippen LogP contribution in [0, 0.1) is 3.57 Å². The molecule has 0 aliphatic carbocycles. The quantitative estimate of drug-likeness (QED) is 0.775. The number of halogens is 2. The molecule has 0 aromatic heterocycles. The fourth-order valence-electron chi connectivity index (χ4n) is 0.766. The first-order valence-corrected chi connectivity index (χ1v) is 6.96. The predicted octanol–water partition coefficient (Wildman–Crippen LogP) is 1.93. The molecule has 0 saturated carbocycles. The van der Waals surface area contributed by atoms with Gasteiger partial charge in [-0.2, -0.15) is 8.42 Å². The number of benzene rings is 1. The van der Waals surface area contributed by atoms with Crippen molar-refractivity contribution in [3.8, 4) is 0 Å². The molecule has 0 amide bonds. The molecule has 0 fully saturated rings. The van der Waals surface area contributed by atoms with E-state index in [1.807, 2.05) is 6.07 Å². The lowest BCUT2D eigenvalue weighted by atomic mass is 10.3. The third-order valence-corrected chi connectivity index (χ3v) is 4.82. The van der Waals surface area contributed by atoms with Gasteiger partial charge in [-0.3, -0.25) is 4.72 Å². The van der Waals surface area contributed by atoms with Crippen LogP contribution in [-0.4, -0.2) is 15.5 Å². The second-order valence-electron chi connectivity index (χ2n) is 2.44. The van der Waals surface area contributed by atoms with Gasteiger partial charge in [-0.25, -0.2) is 4.72 Å². The van der Waals surface area contributed by atoms with Crippen molar-refractivity contribution in [2.75, 3.05) is 11.8 Å². The fourth-order valence-corrected chi connectivity index (χ4v) is 2.02. The van der Waals surface area contributed by atoms with E-state index in [1.165, 1.54) is 7.05 Å². The van der Waals surface area contributed by atoms with Crippen LogP contribution in [-0.2, 0) is 10.2 Å². The molecule has 0 radical (unpaired) electrons. The Morgan fingerprint density at radius 1 is 1.43 bits per heavy atom. The Balaban J connectivity index is 2.94. The monoisotopic (exact) mass is 390 g/mol. The lowest BCUT2D eigenvalue weighted by molar-refractivity contribution is 0.593. The molecule has 4 nitrogen and oxygen atoms in total. The largest absolute Gasteiger partial charge is 0.298 e. The molecule has 0 atom stereocenters. The van der Waals surface area contributed by atoms with Crippen molar-refractivity contribution in [2.45, 2.75) is 0 Å². The van der Waals surface area contributed by atoms with E-state index in [0.29, 0.717) is 5.69 Å². The zero-order chi connectivity index (χ0) is 10.8. The van der Waals surface area contributed by atoms with Crippen LogP contribution in [0.4, 0.5) is 5.69 Å². The Morgan fingerprint density at radius 2 is 2.07 bits per heavy atom. The molecule has 78 valence electrons. The number of rotatable bonds is 3. The summed E-state index contributed by atoms with van der Waals surface area (Å²) in [7, 11) is -2.07. The summed E-state index contributed by atoms with van der Waals surface area (Å²) in [6, 6.07) is 5.22. The van der Waals surface area contributed by atoms with Crippen LogP contribution in [0.1, 0.15) is 0 Å². The first-order valence-electron chi connectivity index (χ1n) is 3.61. The zero-order valence-corrected chi connectivity index (χ0v) is 11.8. The average molecular weight is 391 g/mol. The van der Waals surface area contributed by atoms with Crippen LogP contribution < -0.4 is 9.44 Å². The van der Waals surface area contributed by atoms with Crippen molar-refractivity contribution < 1.29 is 8.42 Å². The summed E-state index contributed by atoms with van der Waals surface area (Å²) < 4.78 is 28.7. The Hall–Kier alpha value is 0.140. The van der Waals surface area contributed by atoms with E-state index in [2.05, 4.69) is 48.0 Å². The first kappa shape index (κ1) is 12.2. The minimum Gasteiger partial charge on any atom is -0.271 e. The summed E-state index contributed by atoms with van der Waals surface area (Å²) in [6.45, 7) is 0. The Bertz CT molecular complexity index is 435. The maximum absolute atomic E-state index is 11.1. The molecule has 0 unspecified atom stereocenters. The van der Waals surface area contributed by atoms with Crippen LogP contribution in [0.15, 0.2) is 22.7 Å². The highest BCUT2D eigenvalue weighted by molar-refractivity contribution is 14.1. The first-order chi connectivity index (χ1) is 6.44. The van der Waals surface area contributed by atoms with Crippen LogP contribution in [0.3, 0.4) is 0 Å². The summed E-state index contributed by atoms with van der Waals surface area (Å²) >= 11 is 5.46. The lowest BCUT2D eigenvalue weighted by Crippen LogP contribution is -2.26. The summed E-state index contributed by atoms with van der Waals surface area (Å²) in [5.74, 6) is 0. The number of hydrogen-bond acceptors (Lipinski definition) is 2. The van der Waals surface area contributed by atoms with E-state index >= 15 is 0 Å². The SMILES string of the molecule is CNS(=O)(=O)Nc1ccc(I)c(Br)c1. The normalized spacial score (nSPS) is 11.4. The van der Waals surface area contributed by atoms with E-state index in [0.717, 1.165) is 8.04 Å². The standard InChI is InChI=1S/C7H8BrIN2O2S/c1-10-14(12,13)11-5-2-3-7(9)6(8)4-5/h2-4,10-11H,1H3. The van der Waals surface area contributed by atoms with Crippen LogP contribution in [0.5, 0.6) is 0 Å². The Kier molecular flexibility index (Phi) is 4.16. The van der Waals surface area contributed by atoms with Gasteiger partial charge in [0.1, 0.15) is 0 Å². The lowest BCUT2D eigenvalue weighted by Gasteiger charge is -2.07. The predicted molar refractivity (Wildman–Crippen MR) is 68.5 cm³/mol. The van der Waals surface area contributed by atoms with E-state index in [1.54, 1.807) is 12.1 Å². The van der Waals surface area contributed by atoms with Gasteiger partial charge < -0.3 is 0 Å². The van der Waals surface area contributed by atoms with Gasteiger partial charge in [0.15, 0.2) is 0 Å². The Labute approximate surface area is 105 Å². The van der Waals surface area contributed by atoms with Gasteiger partial charge in [-0.05, 0) is 56.7 Å². The van der Waals surface area contributed by atoms with Crippen LogP contribution >= 0.6 is 38.5 Å². The molecule has 0 bridgehead atoms. The number of nitrogens with one attached hydrogen (secondary N) is 2. The highest BCUT2D eigenvalue weighted by atomic mass is 127. The van der Waals surface area contributed by atoms with Gasteiger partial charge in [0, 0.05) is 15.1 Å². The van der Waals surface area contributed by atoms with Gasteiger partial charge >= 0.3 is 0 Å². The van der Waals surface area contributed by atoms with Crippen molar-refractivity contribution in [1.29, 1.82) is 0 Å². The van der Waals surface area contributed by atoms with Crippen molar-refractivity contribution in [2.24, 2.45) is 0 Å². The molecule has 0 aliphatic heterocycles. The minimum absolute atomic E-state index is 0.520.